The second-order valence-electron chi connectivity index (χ2n) is 3.72. The minimum absolute atomic E-state index is 0.302. The highest BCUT2D eigenvalue weighted by atomic mass is 32.2. The van der Waals surface area contributed by atoms with Crippen molar-refractivity contribution in [1.82, 2.24) is 8.96 Å². The SMILES string of the molecule is O=S(=O)(c1ccccc1)n1cccc1.c1cc[nH]c1. The number of aromatic nitrogens is 2. The van der Waals surface area contributed by atoms with E-state index in [0.29, 0.717) is 4.90 Å². The van der Waals surface area contributed by atoms with Gasteiger partial charge in [-0.15, -0.1) is 0 Å². The first-order valence-electron chi connectivity index (χ1n) is 5.72. The Bertz CT molecular complexity index is 655. The van der Waals surface area contributed by atoms with E-state index >= 15 is 0 Å². The van der Waals surface area contributed by atoms with Crippen molar-refractivity contribution in [2.45, 2.75) is 4.90 Å². The molecule has 98 valence electrons. The van der Waals surface area contributed by atoms with Crippen LogP contribution in [0.25, 0.3) is 0 Å². The first kappa shape index (κ1) is 13.2. The van der Waals surface area contributed by atoms with Crippen molar-refractivity contribution in [1.29, 1.82) is 0 Å². The molecule has 1 aromatic carbocycles. The zero-order valence-corrected chi connectivity index (χ0v) is 11.0. The molecule has 4 nitrogen and oxygen atoms in total. The number of aromatic amines is 1. The number of H-pyrrole nitrogens is 1. The van der Waals surface area contributed by atoms with Gasteiger partial charge in [-0.1, -0.05) is 18.2 Å². The summed E-state index contributed by atoms with van der Waals surface area (Å²) in [7, 11) is -3.38. The van der Waals surface area contributed by atoms with E-state index in [4.69, 9.17) is 0 Å². The molecule has 0 saturated heterocycles. The van der Waals surface area contributed by atoms with Crippen LogP contribution in [0, 0.1) is 0 Å². The summed E-state index contributed by atoms with van der Waals surface area (Å²) in [6, 6.07) is 15.6. The summed E-state index contributed by atoms with van der Waals surface area (Å²) in [5, 5.41) is 0. The predicted octanol–water partition coefficient (Wildman–Crippen LogP) is 2.74. The molecule has 0 radical (unpaired) electrons. The normalized spacial score (nSPS) is 10.5. The monoisotopic (exact) mass is 274 g/mol. The van der Waals surface area contributed by atoms with Gasteiger partial charge in [0.15, 0.2) is 0 Å². The third kappa shape index (κ3) is 3.35. The van der Waals surface area contributed by atoms with Crippen LogP contribution in [0.2, 0.25) is 0 Å². The van der Waals surface area contributed by atoms with Crippen LogP contribution in [0.5, 0.6) is 0 Å². The van der Waals surface area contributed by atoms with E-state index in [1.807, 2.05) is 24.5 Å². The smallest absolute Gasteiger partial charge is 0.267 e. The first-order chi connectivity index (χ1) is 9.21. The molecule has 0 aliphatic heterocycles. The molecule has 0 atom stereocenters. The standard InChI is InChI=1S/C10H9NO2S.C4H5N/c12-14(13,11-8-4-5-9-11)10-6-2-1-3-7-10;1-2-4-5-3-1/h1-9H;1-5H. The maximum absolute atomic E-state index is 11.9. The maximum Gasteiger partial charge on any atom is 0.267 e. The molecule has 2 aromatic heterocycles. The summed E-state index contributed by atoms with van der Waals surface area (Å²) in [5.41, 5.74) is 0. The van der Waals surface area contributed by atoms with Gasteiger partial charge in [0.05, 0.1) is 4.90 Å². The lowest BCUT2D eigenvalue weighted by molar-refractivity contribution is 0.587. The van der Waals surface area contributed by atoms with Crippen LogP contribution in [0.1, 0.15) is 0 Å². The molecule has 0 unspecified atom stereocenters. The van der Waals surface area contributed by atoms with Gasteiger partial charge in [-0.3, -0.25) is 0 Å². The number of benzene rings is 1. The number of hydrogen-bond acceptors (Lipinski definition) is 2. The molecule has 0 saturated carbocycles. The molecule has 5 heteroatoms. The highest BCUT2D eigenvalue weighted by Crippen LogP contribution is 2.12. The minimum atomic E-state index is -3.38. The first-order valence-corrected chi connectivity index (χ1v) is 7.16. The van der Waals surface area contributed by atoms with Crippen molar-refractivity contribution in [3.8, 4) is 0 Å². The van der Waals surface area contributed by atoms with Crippen LogP contribution < -0.4 is 0 Å². The Labute approximate surface area is 112 Å². The van der Waals surface area contributed by atoms with Gasteiger partial charge in [0.25, 0.3) is 10.0 Å². The Morgan fingerprint density at radius 2 is 1.37 bits per heavy atom. The fourth-order valence-electron chi connectivity index (χ4n) is 1.47. The maximum atomic E-state index is 11.9. The van der Waals surface area contributed by atoms with Gasteiger partial charge >= 0.3 is 0 Å². The molecule has 3 rings (SSSR count). The average Bonchev–Trinajstić information content (AvgIpc) is 3.15. The average molecular weight is 274 g/mol. The lowest BCUT2D eigenvalue weighted by Gasteiger charge is -2.04. The van der Waals surface area contributed by atoms with Crippen LogP contribution >= 0.6 is 0 Å². The highest BCUT2D eigenvalue weighted by Gasteiger charge is 2.13. The molecule has 19 heavy (non-hydrogen) atoms. The Kier molecular flexibility index (Phi) is 4.20. The van der Waals surface area contributed by atoms with E-state index in [2.05, 4.69) is 4.98 Å². The number of nitrogens with one attached hydrogen (secondary N) is 1. The minimum Gasteiger partial charge on any atom is -0.368 e. The molecule has 0 bridgehead atoms. The Morgan fingerprint density at radius 3 is 1.84 bits per heavy atom. The van der Waals surface area contributed by atoms with Crippen molar-refractivity contribution >= 4 is 10.0 Å². The molecular weight excluding hydrogens is 260 g/mol. The van der Waals surface area contributed by atoms with Crippen LogP contribution in [0.4, 0.5) is 0 Å². The molecule has 0 aliphatic rings. The van der Waals surface area contributed by atoms with Crippen LogP contribution in [0.15, 0.2) is 84.3 Å². The molecule has 2 heterocycles. The van der Waals surface area contributed by atoms with Crippen molar-refractivity contribution in [3.05, 3.63) is 79.4 Å². The van der Waals surface area contributed by atoms with Gasteiger partial charge in [-0.25, -0.2) is 12.4 Å². The highest BCUT2D eigenvalue weighted by molar-refractivity contribution is 7.90. The third-order valence-electron chi connectivity index (χ3n) is 2.39. The Hall–Kier alpha value is -2.27. The zero-order valence-electron chi connectivity index (χ0n) is 10.2. The fraction of sp³-hybridized carbons (Fsp3) is 0. The van der Waals surface area contributed by atoms with E-state index in [1.54, 1.807) is 42.5 Å². The van der Waals surface area contributed by atoms with E-state index in [9.17, 15) is 8.42 Å². The second-order valence-corrected chi connectivity index (χ2v) is 5.56. The van der Waals surface area contributed by atoms with Crippen LogP contribution in [-0.2, 0) is 10.0 Å². The summed E-state index contributed by atoms with van der Waals surface area (Å²) in [5.74, 6) is 0. The van der Waals surface area contributed by atoms with Gasteiger partial charge in [-0.2, -0.15) is 0 Å². The Morgan fingerprint density at radius 1 is 0.789 bits per heavy atom. The van der Waals surface area contributed by atoms with Gasteiger partial charge in [-0.05, 0) is 36.4 Å². The quantitative estimate of drug-likeness (QED) is 0.781. The molecule has 0 amide bonds. The summed E-state index contributed by atoms with van der Waals surface area (Å²) < 4.78 is 24.9. The summed E-state index contributed by atoms with van der Waals surface area (Å²) in [4.78, 5) is 3.16. The zero-order chi connectivity index (χ0) is 13.6. The van der Waals surface area contributed by atoms with Crippen LogP contribution in [-0.4, -0.2) is 17.4 Å². The molecule has 0 aliphatic carbocycles. The number of rotatable bonds is 2. The molecule has 1 N–H and O–H groups in total. The lowest BCUT2D eigenvalue weighted by Crippen LogP contribution is -2.10. The molecular formula is C14H14N2O2S. The van der Waals surface area contributed by atoms with Gasteiger partial charge in [0, 0.05) is 24.8 Å². The van der Waals surface area contributed by atoms with Crippen LogP contribution in [0.3, 0.4) is 0 Å². The van der Waals surface area contributed by atoms with Crippen molar-refractivity contribution in [3.63, 3.8) is 0 Å². The van der Waals surface area contributed by atoms with E-state index in [0.717, 1.165) is 0 Å². The topological polar surface area (TPSA) is 54.9 Å². The number of hydrogen-bond donors (Lipinski definition) is 1. The van der Waals surface area contributed by atoms with Gasteiger partial charge < -0.3 is 4.98 Å². The lowest BCUT2D eigenvalue weighted by atomic mass is 10.4. The summed E-state index contributed by atoms with van der Waals surface area (Å²) in [6.07, 6.45) is 6.78. The van der Waals surface area contributed by atoms with Gasteiger partial charge in [0.2, 0.25) is 0 Å². The predicted molar refractivity (Wildman–Crippen MR) is 74.3 cm³/mol. The van der Waals surface area contributed by atoms with Crippen molar-refractivity contribution in [2.75, 3.05) is 0 Å². The Balaban J connectivity index is 0.000000224. The molecule has 0 spiro atoms. The second kappa shape index (κ2) is 6.06. The van der Waals surface area contributed by atoms with E-state index in [-0.39, 0.29) is 0 Å². The fourth-order valence-corrected chi connectivity index (χ4v) is 2.68. The molecule has 3 aromatic rings. The van der Waals surface area contributed by atoms with E-state index < -0.39 is 10.0 Å². The van der Waals surface area contributed by atoms with Crippen molar-refractivity contribution < 1.29 is 8.42 Å². The summed E-state index contributed by atoms with van der Waals surface area (Å²) >= 11 is 0. The summed E-state index contributed by atoms with van der Waals surface area (Å²) in [6.45, 7) is 0. The van der Waals surface area contributed by atoms with Gasteiger partial charge in [0.1, 0.15) is 0 Å². The third-order valence-corrected chi connectivity index (χ3v) is 4.06. The largest absolute Gasteiger partial charge is 0.368 e. The van der Waals surface area contributed by atoms with Crippen molar-refractivity contribution in [2.24, 2.45) is 0 Å². The number of nitrogens with zero attached hydrogens (tertiary/aromatic N) is 1. The van der Waals surface area contributed by atoms with E-state index in [1.165, 1.54) is 16.4 Å². The molecule has 0 fully saturated rings.